The van der Waals surface area contributed by atoms with Gasteiger partial charge in [-0.2, -0.15) is 0 Å². The summed E-state index contributed by atoms with van der Waals surface area (Å²) in [5.41, 5.74) is 5.82. The summed E-state index contributed by atoms with van der Waals surface area (Å²) in [4.78, 5) is 12.0. The zero-order valence-corrected chi connectivity index (χ0v) is 16.4. The number of allylic oxidation sites excluding steroid dienone is 1. The van der Waals surface area contributed by atoms with Crippen molar-refractivity contribution in [2.24, 2.45) is 0 Å². The van der Waals surface area contributed by atoms with Crippen LogP contribution < -0.4 is 0 Å². The highest BCUT2D eigenvalue weighted by molar-refractivity contribution is 6.03. The molecule has 0 saturated heterocycles. The molecule has 0 N–H and O–H groups in total. The molecule has 0 aliphatic carbocycles. The van der Waals surface area contributed by atoms with E-state index >= 15 is 0 Å². The van der Waals surface area contributed by atoms with Crippen molar-refractivity contribution >= 4 is 22.6 Å². The maximum atomic E-state index is 12.0. The molecule has 2 nitrogen and oxygen atoms in total. The number of benzene rings is 3. The van der Waals surface area contributed by atoms with Crippen LogP contribution >= 0.6 is 0 Å². The number of ketones is 1. The number of hydrogen-bond donors (Lipinski definition) is 0. The predicted molar refractivity (Wildman–Crippen MR) is 116 cm³/mol. The van der Waals surface area contributed by atoms with Gasteiger partial charge in [-0.15, -0.1) is 0 Å². The van der Waals surface area contributed by atoms with E-state index < -0.39 is 0 Å². The number of rotatable bonds is 6. The molecule has 142 valence electrons. The van der Waals surface area contributed by atoms with Crippen LogP contribution in [0.2, 0.25) is 0 Å². The van der Waals surface area contributed by atoms with Crippen LogP contribution in [-0.4, -0.2) is 12.4 Å². The molecule has 0 fully saturated rings. The number of ether oxygens (including phenoxy) is 1. The highest BCUT2D eigenvalue weighted by Crippen LogP contribution is 2.25. The van der Waals surface area contributed by atoms with E-state index in [4.69, 9.17) is 4.74 Å². The van der Waals surface area contributed by atoms with Gasteiger partial charge in [0.1, 0.15) is 6.61 Å². The Kier molecular flexibility index (Phi) is 5.68. The first-order valence-corrected chi connectivity index (χ1v) is 10.1. The molecular weight excluding hydrogens is 344 g/mol. The van der Waals surface area contributed by atoms with Crippen molar-refractivity contribution in [1.29, 1.82) is 0 Å². The van der Waals surface area contributed by atoms with Crippen molar-refractivity contribution < 1.29 is 9.53 Å². The lowest BCUT2D eigenvalue weighted by molar-refractivity contribution is 0.0666. The number of unbranched alkanes of at least 4 members (excludes halogenated alkanes) is 1. The largest absolute Gasteiger partial charge is 0.369 e. The number of Topliss-reactive ketones (excluding diaryl/α,β-unsaturated/α-hetero) is 1. The van der Waals surface area contributed by atoms with Crippen LogP contribution in [0.3, 0.4) is 0 Å². The molecule has 0 unspecified atom stereocenters. The van der Waals surface area contributed by atoms with E-state index in [1.807, 2.05) is 6.07 Å². The van der Waals surface area contributed by atoms with Crippen LogP contribution in [-0.2, 0) is 24.2 Å². The average molecular weight is 370 g/mol. The van der Waals surface area contributed by atoms with Crippen LogP contribution in [0.4, 0.5) is 0 Å². The number of aryl methyl sites for hydroxylation is 2. The maximum Gasteiger partial charge on any atom is 0.188 e. The first-order chi connectivity index (χ1) is 13.7. The molecule has 0 spiro atoms. The van der Waals surface area contributed by atoms with Crippen molar-refractivity contribution in [3.05, 3.63) is 88.5 Å². The van der Waals surface area contributed by atoms with Crippen LogP contribution in [0, 0.1) is 0 Å². The lowest BCUT2D eigenvalue weighted by Gasteiger charge is -2.16. The van der Waals surface area contributed by atoms with Gasteiger partial charge in [0.25, 0.3) is 0 Å². The van der Waals surface area contributed by atoms with Gasteiger partial charge >= 0.3 is 0 Å². The average Bonchev–Trinajstić information content (AvgIpc) is 2.73. The van der Waals surface area contributed by atoms with Crippen molar-refractivity contribution in [3.63, 3.8) is 0 Å². The molecule has 1 aliphatic heterocycles. The minimum Gasteiger partial charge on any atom is -0.369 e. The fraction of sp³-hybridized carbons (Fsp3) is 0.269. The summed E-state index contributed by atoms with van der Waals surface area (Å²) in [5, 5.41) is 2.27. The Morgan fingerprint density at radius 2 is 1.75 bits per heavy atom. The third-order valence-corrected chi connectivity index (χ3v) is 5.46. The molecule has 0 atom stereocenters. The molecule has 3 aromatic rings. The van der Waals surface area contributed by atoms with Crippen molar-refractivity contribution in [3.8, 4) is 0 Å². The van der Waals surface area contributed by atoms with Crippen LogP contribution in [0.5, 0.6) is 0 Å². The number of carbonyl (C=O) groups is 1. The van der Waals surface area contributed by atoms with E-state index in [2.05, 4.69) is 67.6 Å². The summed E-state index contributed by atoms with van der Waals surface area (Å²) in [6.45, 7) is 2.91. The fourth-order valence-electron chi connectivity index (χ4n) is 3.76. The predicted octanol–water partition coefficient (Wildman–Crippen LogP) is 6.15. The molecule has 0 aromatic heterocycles. The molecule has 0 bridgehead atoms. The summed E-state index contributed by atoms with van der Waals surface area (Å²) in [6, 6.07) is 19.5. The second-order valence-corrected chi connectivity index (χ2v) is 7.50. The molecule has 4 rings (SSSR count). The van der Waals surface area contributed by atoms with Gasteiger partial charge in [-0.05, 0) is 76.9 Å². The van der Waals surface area contributed by atoms with E-state index in [1.165, 1.54) is 16.7 Å². The van der Waals surface area contributed by atoms with Gasteiger partial charge in [0.15, 0.2) is 5.78 Å². The Morgan fingerprint density at radius 3 is 2.57 bits per heavy atom. The SMILES string of the molecule is CCc1ccc(CCC/C=C/c2ccc3cc4c(cc3c2)COCC4=O)cc1. The van der Waals surface area contributed by atoms with Crippen molar-refractivity contribution in [1.82, 2.24) is 0 Å². The van der Waals surface area contributed by atoms with E-state index in [0.717, 1.165) is 47.6 Å². The van der Waals surface area contributed by atoms with Crippen LogP contribution in [0.15, 0.2) is 60.7 Å². The van der Waals surface area contributed by atoms with Gasteiger partial charge in [0.2, 0.25) is 0 Å². The standard InChI is InChI=1S/C26H26O2/c1-2-19-8-10-20(11-9-19)6-4-3-5-7-21-12-13-22-16-25-24(15-23(22)14-21)17-28-18-26(25)27/h5,7-16H,2-4,6,17-18H2,1H3/b7-5+. The zero-order chi connectivity index (χ0) is 19.3. The lowest BCUT2D eigenvalue weighted by atomic mass is 9.96. The first-order valence-electron chi connectivity index (χ1n) is 10.1. The molecule has 1 aliphatic rings. The van der Waals surface area contributed by atoms with E-state index in [0.29, 0.717) is 6.61 Å². The maximum absolute atomic E-state index is 12.0. The fourth-order valence-corrected chi connectivity index (χ4v) is 3.76. The Bertz CT molecular complexity index is 1010. The molecule has 0 radical (unpaired) electrons. The van der Waals surface area contributed by atoms with Gasteiger partial charge in [0, 0.05) is 5.56 Å². The van der Waals surface area contributed by atoms with E-state index in [1.54, 1.807) is 0 Å². The normalized spacial score (nSPS) is 14.0. The Morgan fingerprint density at radius 1 is 0.929 bits per heavy atom. The van der Waals surface area contributed by atoms with E-state index in [-0.39, 0.29) is 12.4 Å². The molecule has 0 amide bonds. The van der Waals surface area contributed by atoms with E-state index in [9.17, 15) is 4.79 Å². The lowest BCUT2D eigenvalue weighted by Crippen LogP contribution is -2.17. The molecular formula is C26H26O2. The smallest absolute Gasteiger partial charge is 0.188 e. The first kappa shape index (κ1) is 18.6. The van der Waals surface area contributed by atoms with Gasteiger partial charge in [-0.3, -0.25) is 4.79 Å². The second kappa shape index (κ2) is 8.53. The van der Waals surface area contributed by atoms with Gasteiger partial charge in [-0.1, -0.05) is 55.5 Å². The van der Waals surface area contributed by atoms with Gasteiger partial charge in [0.05, 0.1) is 6.61 Å². The van der Waals surface area contributed by atoms with Crippen molar-refractivity contribution in [2.75, 3.05) is 6.61 Å². The van der Waals surface area contributed by atoms with Gasteiger partial charge < -0.3 is 4.74 Å². The number of hydrogen-bond acceptors (Lipinski definition) is 2. The van der Waals surface area contributed by atoms with Crippen molar-refractivity contribution in [2.45, 2.75) is 39.2 Å². The van der Waals surface area contributed by atoms with Crippen LogP contribution in [0.25, 0.3) is 16.8 Å². The Hall–Kier alpha value is -2.71. The van der Waals surface area contributed by atoms with Gasteiger partial charge in [-0.25, -0.2) is 0 Å². The highest BCUT2D eigenvalue weighted by atomic mass is 16.5. The zero-order valence-electron chi connectivity index (χ0n) is 16.4. The monoisotopic (exact) mass is 370 g/mol. The minimum atomic E-state index is 0.0801. The summed E-state index contributed by atoms with van der Waals surface area (Å²) in [5.74, 6) is 0.0801. The number of fused-ring (bicyclic) bond motifs is 2. The summed E-state index contributed by atoms with van der Waals surface area (Å²) < 4.78 is 5.36. The molecule has 0 saturated carbocycles. The third kappa shape index (κ3) is 4.23. The Balaban J connectivity index is 1.38. The summed E-state index contributed by atoms with van der Waals surface area (Å²) in [7, 11) is 0. The summed E-state index contributed by atoms with van der Waals surface area (Å²) >= 11 is 0. The molecule has 2 heteroatoms. The molecule has 28 heavy (non-hydrogen) atoms. The minimum absolute atomic E-state index is 0.0801. The highest BCUT2D eigenvalue weighted by Gasteiger charge is 2.18. The molecule has 3 aromatic carbocycles. The Labute approximate surface area is 166 Å². The topological polar surface area (TPSA) is 26.3 Å². The second-order valence-electron chi connectivity index (χ2n) is 7.50. The quantitative estimate of drug-likeness (QED) is 0.486. The van der Waals surface area contributed by atoms with Crippen LogP contribution in [0.1, 0.15) is 52.4 Å². The molecule has 1 heterocycles. The summed E-state index contributed by atoms with van der Waals surface area (Å²) in [6.07, 6.45) is 8.89. The number of carbonyl (C=O) groups excluding carboxylic acids is 1. The third-order valence-electron chi connectivity index (χ3n) is 5.46.